The Bertz CT molecular complexity index is 1220. The third-order valence-electron chi connectivity index (χ3n) is 8.18. The molecule has 0 unspecified atom stereocenters. The minimum atomic E-state index is -4.47. The van der Waals surface area contributed by atoms with Crippen molar-refractivity contribution >= 4 is 23.3 Å². The number of rotatable bonds is 8. The van der Waals surface area contributed by atoms with Crippen molar-refractivity contribution < 1.29 is 32.6 Å². The zero-order valence-electron chi connectivity index (χ0n) is 24.4. The van der Waals surface area contributed by atoms with Crippen LogP contribution in [0.3, 0.4) is 0 Å². The number of anilines is 2. The number of halogens is 3. The third kappa shape index (κ3) is 8.16. The molecule has 3 atom stereocenters. The summed E-state index contributed by atoms with van der Waals surface area (Å²) in [6.07, 6.45) is 1.66. The van der Waals surface area contributed by atoms with Gasteiger partial charge < -0.3 is 30.3 Å². The minimum absolute atomic E-state index is 0.00257. The molecule has 230 valence electrons. The summed E-state index contributed by atoms with van der Waals surface area (Å²) in [6.45, 7) is 5.71. The van der Waals surface area contributed by atoms with Gasteiger partial charge in [0.25, 0.3) is 5.91 Å². The number of ether oxygens (including phenoxy) is 1. The predicted octanol–water partition coefficient (Wildman–Crippen LogP) is 6.08. The molecule has 0 saturated heterocycles. The highest BCUT2D eigenvalue weighted by molar-refractivity contribution is 6.02. The maximum Gasteiger partial charge on any atom is 0.416 e. The quantitative estimate of drug-likeness (QED) is 0.347. The van der Waals surface area contributed by atoms with Gasteiger partial charge in [-0.1, -0.05) is 26.2 Å². The van der Waals surface area contributed by atoms with Crippen molar-refractivity contribution in [1.82, 2.24) is 9.80 Å². The van der Waals surface area contributed by atoms with E-state index in [1.54, 1.807) is 24.0 Å². The highest BCUT2D eigenvalue weighted by atomic mass is 19.4. The van der Waals surface area contributed by atoms with E-state index >= 15 is 0 Å². The van der Waals surface area contributed by atoms with Gasteiger partial charge >= 0.3 is 12.2 Å². The van der Waals surface area contributed by atoms with Crippen LogP contribution in [0, 0.1) is 11.8 Å². The molecule has 1 aliphatic carbocycles. The summed E-state index contributed by atoms with van der Waals surface area (Å²) in [6, 6.07) is 7.80. The molecule has 1 heterocycles. The van der Waals surface area contributed by atoms with Crippen LogP contribution >= 0.6 is 0 Å². The van der Waals surface area contributed by atoms with E-state index in [9.17, 15) is 27.9 Å². The van der Waals surface area contributed by atoms with E-state index in [0.717, 1.165) is 18.7 Å². The van der Waals surface area contributed by atoms with Gasteiger partial charge in [-0.2, -0.15) is 13.2 Å². The SMILES string of the molecule is C[C@@H]1CN([C@H](C)CO)C(=O)c2cc(NC(=O)Nc3ccc(C(F)(F)F)cc3)ccc2O[C@@H]1CN(C)CC1CCCCC1. The Morgan fingerprint density at radius 3 is 2.36 bits per heavy atom. The normalized spacial score (nSPS) is 20.8. The van der Waals surface area contributed by atoms with E-state index in [-0.39, 0.29) is 35.8 Å². The maximum absolute atomic E-state index is 13.7. The van der Waals surface area contributed by atoms with Gasteiger partial charge in [0.15, 0.2) is 0 Å². The molecule has 0 aromatic heterocycles. The van der Waals surface area contributed by atoms with Crippen LogP contribution in [0.15, 0.2) is 42.5 Å². The Hall–Kier alpha value is -3.31. The van der Waals surface area contributed by atoms with Crippen LogP contribution in [0.25, 0.3) is 0 Å². The van der Waals surface area contributed by atoms with E-state index in [0.29, 0.717) is 30.4 Å². The van der Waals surface area contributed by atoms with Crippen LogP contribution < -0.4 is 15.4 Å². The average Bonchev–Trinajstić information content (AvgIpc) is 2.95. The molecule has 42 heavy (non-hydrogen) atoms. The Morgan fingerprint density at radius 1 is 1.07 bits per heavy atom. The van der Waals surface area contributed by atoms with E-state index in [1.807, 2.05) is 0 Å². The van der Waals surface area contributed by atoms with Crippen LogP contribution in [0.1, 0.15) is 61.9 Å². The van der Waals surface area contributed by atoms with Crippen LogP contribution in [0.5, 0.6) is 5.75 Å². The van der Waals surface area contributed by atoms with Gasteiger partial charge in [-0.15, -0.1) is 0 Å². The molecule has 2 aromatic rings. The fourth-order valence-corrected chi connectivity index (χ4v) is 5.75. The molecule has 11 heteroatoms. The number of amides is 3. The number of fused-ring (bicyclic) bond motifs is 1. The smallest absolute Gasteiger partial charge is 0.416 e. The molecule has 8 nitrogen and oxygen atoms in total. The second kappa shape index (κ2) is 13.8. The summed E-state index contributed by atoms with van der Waals surface area (Å²) in [5.74, 6) is 0.748. The van der Waals surface area contributed by atoms with E-state index < -0.39 is 23.8 Å². The molecule has 2 aliphatic rings. The number of aliphatic hydroxyl groups excluding tert-OH is 1. The maximum atomic E-state index is 13.7. The fraction of sp³-hybridized carbons (Fsp3) is 0.548. The average molecular weight is 591 g/mol. The number of likely N-dealkylation sites (N-methyl/N-ethyl adjacent to an activating group) is 1. The van der Waals surface area contributed by atoms with Crippen molar-refractivity contribution in [3.8, 4) is 5.75 Å². The Morgan fingerprint density at radius 2 is 1.71 bits per heavy atom. The number of urea groups is 1. The predicted molar refractivity (Wildman–Crippen MR) is 156 cm³/mol. The monoisotopic (exact) mass is 590 g/mol. The fourth-order valence-electron chi connectivity index (χ4n) is 5.75. The first-order chi connectivity index (χ1) is 19.9. The second-order valence-corrected chi connectivity index (χ2v) is 11.7. The van der Waals surface area contributed by atoms with Crippen molar-refractivity contribution in [2.24, 2.45) is 11.8 Å². The lowest BCUT2D eigenvalue weighted by atomic mass is 9.89. The molecule has 4 rings (SSSR count). The zero-order valence-corrected chi connectivity index (χ0v) is 24.4. The number of carbonyl (C=O) groups excluding carboxylic acids is 2. The highest BCUT2D eigenvalue weighted by Crippen LogP contribution is 2.32. The summed E-state index contributed by atoms with van der Waals surface area (Å²) in [4.78, 5) is 30.3. The number of carbonyl (C=O) groups is 2. The largest absolute Gasteiger partial charge is 0.488 e. The summed E-state index contributed by atoms with van der Waals surface area (Å²) >= 11 is 0. The first-order valence-corrected chi connectivity index (χ1v) is 14.6. The molecule has 3 amide bonds. The number of hydrogen-bond acceptors (Lipinski definition) is 5. The number of nitrogens with one attached hydrogen (secondary N) is 2. The Labute approximate surface area is 245 Å². The number of aliphatic hydroxyl groups is 1. The summed E-state index contributed by atoms with van der Waals surface area (Å²) in [7, 11) is 2.10. The van der Waals surface area contributed by atoms with Gasteiger partial charge in [-0.3, -0.25) is 4.79 Å². The van der Waals surface area contributed by atoms with Gasteiger partial charge in [0, 0.05) is 36.9 Å². The topological polar surface area (TPSA) is 94.1 Å². The number of hydrogen-bond donors (Lipinski definition) is 3. The lowest BCUT2D eigenvalue weighted by Gasteiger charge is -2.38. The van der Waals surface area contributed by atoms with Gasteiger partial charge in [-0.25, -0.2) is 4.79 Å². The molecule has 3 N–H and O–H groups in total. The highest BCUT2D eigenvalue weighted by Gasteiger charge is 2.34. The second-order valence-electron chi connectivity index (χ2n) is 11.7. The van der Waals surface area contributed by atoms with E-state index in [4.69, 9.17) is 4.74 Å². The molecule has 1 saturated carbocycles. The molecule has 0 spiro atoms. The molecular weight excluding hydrogens is 549 g/mol. The summed E-state index contributed by atoms with van der Waals surface area (Å²) < 4.78 is 45.0. The molecule has 0 radical (unpaired) electrons. The molecule has 2 aromatic carbocycles. The first kappa shape index (κ1) is 31.6. The molecule has 1 fully saturated rings. The Kier molecular flexibility index (Phi) is 10.4. The van der Waals surface area contributed by atoms with Crippen LogP contribution in [-0.2, 0) is 6.18 Å². The lowest BCUT2D eigenvalue weighted by Crippen LogP contribution is -2.50. The standard InChI is InChI=1S/C31H41F3N4O4/c1-20-16-38(21(2)19-39)29(40)26-15-25(36-30(41)35-24-11-9-23(10-12-24)31(32,33)34)13-14-27(26)42-28(20)18-37(3)17-22-7-5-4-6-8-22/h9-15,20-22,28,39H,4-8,16-19H2,1-3H3,(H2,35,36,41)/t20-,21-,28-/m1/s1. The van der Waals surface area contributed by atoms with Crippen molar-refractivity contribution in [2.75, 3.05) is 43.9 Å². The van der Waals surface area contributed by atoms with Crippen LogP contribution in [0.2, 0.25) is 0 Å². The van der Waals surface area contributed by atoms with Crippen molar-refractivity contribution in [1.29, 1.82) is 0 Å². The minimum Gasteiger partial charge on any atom is -0.488 e. The molecular formula is C31H41F3N4O4. The number of nitrogens with zero attached hydrogens (tertiary/aromatic N) is 2. The third-order valence-corrected chi connectivity index (χ3v) is 8.18. The van der Waals surface area contributed by atoms with Gasteiger partial charge in [0.1, 0.15) is 11.9 Å². The zero-order chi connectivity index (χ0) is 30.4. The van der Waals surface area contributed by atoms with Gasteiger partial charge in [0.05, 0.1) is 23.8 Å². The summed E-state index contributed by atoms with van der Waals surface area (Å²) in [5, 5.41) is 15.1. The number of benzene rings is 2. The lowest BCUT2D eigenvalue weighted by molar-refractivity contribution is -0.137. The van der Waals surface area contributed by atoms with Crippen LogP contribution in [-0.4, -0.2) is 72.3 Å². The molecule has 0 bridgehead atoms. The molecule has 1 aliphatic heterocycles. The van der Waals surface area contributed by atoms with Gasteiger partial charge in [-0.05, 0) is 75.2 Å². The van der Waals surface area contributed by atoms with E-state index in [2.05, 4.69) is 29.5 Å². The van der Waals surface area contributed by atoms with Crippen LogP contribution in [0.4, 0.5) is 29.3 Å². The number of alkyl halides is 3. The van der Waals surface area contributed by atoms with Crippen molar-refractivity contribution in [3.05, 3.63) is 53.6 Å². The van der Waals surface area contributed by atoms with Crippen molar-refractivity contribution in [2.45, 2.75) is 64.3 Å². The first-order valence-electron chi connectivity index (χ1n) is 14.6. The van der Waals surface area contributed by atoms with Crippen molar-refractivity contribution in [3.63, 3.8) is 0 Å². The van der Waals surface area contributed by atoms with E-state index in [1.165, 1.54) is 50.3 Å². The van der Waals surface area contributed by atoms with Gasteiger partial charge in [0.2, 0.25) is 0 Å². The summed E-state index contributed by atoms with van der Waals surface area (Å²) in [5.41, 5.74) is -0.0628. The Balaban J connectivity index is 1.51.